The number of carbonyl (C=O) groups is 6. The molecule has 3 unspecified atom stereocenters. The van der Waals surface area contributed by atoms with Crippen LogP contribution in [0.5, 0.6) is 0 Å². The second kappa shape index (κ2) is 33.5. The predicted molar refractivity (Wildman–Crippen MR) is 409 cm³/mol. The summed E-state index contributed by atoms with van der Waals surface area (Å²) in [5, 5.41) is 4.94. The topological polar surface area (TPSA) is 265 Å². The number of furan rings is 1. The molecule has 0 spiro atoms. The number of piperidine rings is 3. The fraction of sp³-hybridized carbons (Fsp3) is 0.366. The van der Waals surface area contributed by atoms with E-state index in [2.05, 4.69) is 0 Å². The number of methoxy groups -OCH3 is 3. The van der Waals surface area contributed by atoms with E-state index in [4.69, 9.17) is 18.6 Å². The number of halogens is 2. The van der Waals surface area contributed by atoms with Gasteiger partial charge in [0, 0.05) is 145 Å². The third-order valence-electron chi connectivity index (χ3n) is 21.3. The lowest BCUT2D eigenvalue weighted by molar-refractivity contribution is -0.123. The van der Waals surface area contributed by atoms with Gasteiger partial charge in [-0.2, -0.15) is 12.9 Å². The number of ketones is 3. The molecule has 9 aromatic rings. The number of hydrogen-bond acceptors (Lipinski definition) is 16. The Labute approximate surface area is 632 Å². The summed E-state index contributed by atoms with van der Waals surface area (Å²) in [6.45, 7) is 4.23. The van der Waals surface area contributed by atoms with Crippen molar-refractivity contribution in [1.82, 2.24) is 12.9 Å². The Balaban J connectivity index is 0.000000144. The van der Waals surface area contributed by atoms with Gasteiger partial charge in [-0.25, -0.2) is 34.0 Å². The van der Waals surface area contributed by atoms with E-state index >= 15 is 0 Å². The molecule has 0 radical (unpaired) electrons. The summed E-state index contributed by atoms with van der Waals surface area (Å²) >= 11 is 0. The minimum absolute atomic E-state index is 0.0224. The Bertz CT molecular complexity index is 5340. The van der Waals surface area contributed by atoms with E-state index in [0.717, 1.165) is 110 Å². The van der Waals surface area contributed by atoms with E-state index in [1.54, 1.807) is 42.1 Å². The summed E-state index contributed by atoms with van der Waals surface area (Å²) in [4.78, 5) is 84.8. The first-order chi connectivity index (χ1) is 52.6. The Morgan fingerprint density at radius 1 is 0.440 bits per heavy atom. The van der Waals surface area contributed by atoms with Crippen LogP contribution in [0.1, 0.15) is 118 Å². The van der Waals surface area contributed by atoms with Crippen LogP contribution in [0, 0.1) is 17.6 Å². The van der Waals surface area contributed by atoms with Crippen molar-refractivity contribution in [3.63, 3.8) is 0 Å². The van der Waals surface area contributed by atoms with Crippen LogP contribution >= 0.6 is 0 Å². The number of anilines is 3. The van der Waals surface area contributed by atoms with E-state index in [1.807, 2.05) is 84.9 Å². The number of amides is 3. The van der Waals surface area contributed by atoms with Crippen LogP contribution < -0.4 is 14.7 Å². The molecule has 0 bridgehead atoms. The highest BCUT2D eigenvalue weighted by Crippen LogP contribution is 2.44. The zero-order chi connectivity index (χ0) is 76.9. The van der Waals surface area contributed by atoms with Gasteiger partial charge in [-0.1, -0.05) is 73.5 Å². The quantitative estimate of drug-likeness (QED) is 0.0433. The number of ether oxygens (including phenoxy) is 3. The maximum absolute atomic E-state index is 13.8. The molecule has 7 heterocycles. The van der Waals surface area contributed by atoms with E-state index in [-0.39, 0.29) is 88.9 Å². The van der Waals surface area contributed by atoms with E-state index in [0.29, 0.717) is 108 Å². The number of hydrogen-bond donors (Lipinski definition) is 0. The molecule has 6 aliphatic heterocycles. The Hall–Kier alpha value is -9.29. The number of sulfonamides is 3. The van der Waals surface area contributed by atoms with Crippen LogP contribution in [-0.2, 0) is 77.9 Å². The van der Waals surface area contributed by atoms with Crippen molar-refractivity contribution in [2.75, 3.05) is 102 Å². The molecule has 27 heteroatoms. The highest BCUT2D eigenvalue weighted by Gasteiger charge is 2.42. The fourth-order valence-electron chi connectivity index (χ4n) is 16.0. The third kappa shape index (κ3) is 15.8. The molecule has 15 rings (SSSR count). The zero-order valence-corrected chi connectivity index (χ0v) is 63.4. The van der Waals surface area contributed by atoms with Gasteiger partial charge < -0.3 is 33.3 Å². The second-order valence-electron chi connectivity index (χ2n) is 28.1. The predicted octanol–water partition coefficient (Wildman–Crippen LogP) is 12.3. The summed E-state index contributed by atoms with van der Waals surface area (Å²) in [7, 11) is -6.84. The average Bonchev–Trinajstić information content (AvgIpc) is 1.53. The van der Waals surface area contributed by atoms with Crippen molar-refractivity contribution < 1.29 is 81.4 Å². The van der Waals surface area contributed by atoms with E-state index in [1.165, 1.54) is 61.6 Å². The summed E-state index contributed by atoms with van der Waals surface area (Å²) < 4.78 is 131. The Morgan fingerprint density at radius 3 is 1.31 bits per heavy atom. The summed E-state index contributed by atoms with van der Waals surface area (Å²) in [5.41, 5.74) is 6.75. The van der Waals surface area contributed by atoms with Gasteiger partial charge in [0.15, 0.2) is 11.6 Å². The van der Waals surface area contributed by atoms with Crippen molar-refractivity contribution in [2.24, 2.45) is 5.92 Å². The zero-order valence-electron chi connectivity index (χ0n) is 60.9. The van der Waals surface area contributed by atoms with Crippen LogP contribution in [0.2, 0.25) is 0 Å². The van der Waals surface area contributed by atoms with E-state index < -0.39 is 59.7 Å². The highest BCUT2D eigenvalue weighted by atomic mass is 32.2. The van der Waals surface area contributed by atoms with Crippen LogP contribution in [0.3, 0.4) is 0 Å². The molecule has 0 N–H and O–H groups in total. The third-order valence-corrected chi connectivity index (χ3v) is 26.9. The van der Waals surface area contributed by atoms with Gasteiger partial charge >= 0.3 is 0 Å². The molecule has 8 aromatic carbocycles. The molecule has 3 fully saturated rings. The molecule has 572 valence electrons. The summed E-state index contributed by atoms with van der Waals surface area (Å²) in [6.07, 6.45) is 8.70. The molecule has 0 saturated carbocycles. The van der Waals surface area contributed by atoms with Gasteiger partial charge in [-0.3, -0.25) is 28.8 Å². The maximum atomic E-state index is 13.8. The molecule has 109 heavy (non-hydrogen) atoms. The molecule has 3 amide bonds. The lowest BCUT2D eigenvalue weighted by atomic mass is 9.89. The molecular weight excluding hydrogens is 1460 g/mol. The minimum atomic E-state index is -4.03. The SMILES string of the molecule is COCCCN1C(=O)c2cccc3c(CC(=O)C4CCCCN4S(=O)(=O)c4cccc(F)c4)ccc1c23.COCCCN1C(=O)c2cccc3c(CC(=O)C4CCCCN4S(=O)(=O)c4ccco4)ccc1c23.COCCCN1C(=O)c2cccc3c(CC(=O)C4CCCN(S(=O)(=O)c5ccc(F)cc5)C4)ccc1c23. The number of carbonyl (C=O) groups excluding carboxylic acids is 6. The summed E-state index contributed by atoms with van der Waals surface area (Å²) in [6, 6.07) is 39.0. The maximum Gasteiger partial charge on any atom is 0.277 e. The lowest BCUT2D eigenvalue weighted by Crippen LogP contribution is -2.48. The number of rotatable bonds is 27. The van der Waals surface area contributed by atoms with E-state index in [9.17, 15) is 62.8 Å². The Kier molecular flexibility index (Phi) is 23.9. The van der Waals surface area contributed by atoms with Gasteiger partial charge in [-0.05, 0) is 182 Å². The van der Waals surface area contributed by atoms with Crippen LogP contribution in [0.4, 0.5) is 25.8 Å². The highest BCUT2D eigenvalue weighted by molar-refractivity contribution is 7.89. The van der Waals surface area contributed by atoms with Crippen molar-refractivity contribution in [3.8, 4) is 0 Å². The fourth-order valence-corrected chi connectivity index (χ4v) is 20.8. The number of nitrogens with zero attached hydrogens (tertiary/aromatic N) is 6. The molecule has 3 saturated heterocycles. The number of Topliss-reactive ketones (excluding diaryl/α,β-unsaturated/α-hetero) is 3. The smallest absolute Gasteiger partial charge is 0.277 e. The molecule has 22 nitrogen and oxygen atoms in total. The van der Waals surface area contributed by atoms with Gasteiger partial charge in [0.2, 0.25) is 25.1 Å². The standard InChI is InChI=1S/2C28H29FN2O5S.C26H28N2O6S/c1-36-16-4-15-31-25-13-8-19(23-6-2-7-24(27(23)25)28(31)33)17-26(32)20-5-3-14-30(18-20)37(34,35)22-11-9-21(29)10-12-22;1-36-16-6-14-30-25-13-12-19(22-9-5-10-23(27(22)25)28(30)33)17-26(32)24-11-2-3-15-31(24)37(34,35)21-8-4-7-20(29)18-21;1-33-15-6-13-27-22-12-11-18(19-7-4-8-20(25(19)22)26(27)30)17-23(29)21-9-2-3-14-28(21)35(31,32)24-10-5-16-34-24/h2,6-13,20H,3-5,14-18H2,1H3;4-5,7-10,12-13,18,24H,2-3,6,11,14-17H2,1H3;4-5,7-8,10-12,16,21H,2-3,6,9,13-15,17H2,1H3. The van der Waals surface area contributed by atoms with Crippen molar-refractivity contribution in [2.45, 2.75) is 117 Å². The lowest BCUT2D eigenvalue weighted by Gasteiger charge is -2.33. The normalized spacial score (nSPS) is 18.2. The molecule has 6 aliphatic rings. The average molecular weight is 1550 g/mol. The van der Waals surface area contributed by atoms with Gasteiger partial charge in [-0.15, -0.1) is 0 Å². The summed E-state index contributed by atoms with van der Waals surface area (Å²) in [5.74, 6) is -2.12. The van der Waals surface area contributed by atoms with Gasteiger partial charge in [0.1, 0.15) is 17.4 Å². The van der Waals surface area contributed by atoms with Gasteiger partial charge in [0.05, 0.1) is 45.2 Å². The molecular formula is C82H86F2N6O16S3. The van der Waals surface area contributed by atoms with Gasteiger partial charge in [0.25, 0.3) is 27.7 Å². The van der Waals surface area contributed by atoms with Crippen LogP contribution in [-0.4, -0.2) is 172 Å². The van der Waals surface area contributed by atoms with Crippen molar-refractivity contribution in [3.05, 3.63) is 203 Å². The van der Waals surface area contributed by atoms with Crippen LogP contribution in [0.25, 0.3) is 32.3 Å². The molecule has 0 aliphatic carbocycles. The second-order valence-corrected chi connectivity index (χ2v) is 33.7. The van der Waals surface area contributed by atoms with Crippen LogP contribution in [0.15, 0.2) is 177 Å². The first kappa shape index (κ1) is 77.9. The largest absolute Gasteiger partial charge is 0.452 e. The Morgan fingerprint density at radius 2 is 0.881 bits per heavy atom. The molecule has 3 atom stereocenters. The first-order valence-corrected chi connectivity index (χ1v) is 41.1. The number of benzene rings is 8. The molecule has 1 aromatic heterocycles. The van der Waals surface area contributed by atoms with Crippen molar-refractivity contribution in [1.29, 1.82) is 0 Å². The first-order valence-electron chi connectivity index (χ1n) is 36.8. The monoisotopic (exact) mass is 1540 g/mol. The minimum Gasteiger partial charge on any atom is -0.452 e. The van der Waals surface area contributed by atoms with Crippen molar-refractivity contribution >= 4 is 115 Å².